The fourth-order valence-electron chi connectivity index (χ4n) is 1.28. The third-order valence-electron chi connectivity index (χ3n) is 2.32. The van der Waals surface area contributed by atoms with Crippen LogP contribution in [-0.4, -0.2) is 40.3 Å². The highest BCUT2D eigenvalue weighted by Crippen LogP contribution is 2.12. The van der Waals surface area contributed by atoms with Crippen molar-refractivity contribution in [3.8, 4) is 0 Å². The molecule has 1 amide bonds. The van der Waals surface area contributed by atoms with E-state index in [1.807, 2.05) is 0 Å². The third kappa shape index (κ3) is 4.86. The van der Waals surface area contributed by atoms with Gasteiger partial charge in [0.05, 0.1) is 24.2 Å². The van der Waals surface area contributed by atoms with Crippen LogP contribution in [0.5, 0.6) is 0 Å². The Morgan fingerprint density at radius 1 is 1.32 bits per heavy atom. The van der Waals surface area contributed by atoms with Gasteiger partial charge in [-0.1, -0.05) is 0 Å². The molecule has 1 aromatic rings. The van der Waals surface area contributed by atoms with Crippen LogP contribution < -0.4 is 5.32 Å². The maximum atomic E-state index is 11.4. The molecule has 0 saturated heterocycles. The van der Waals surface area contributed by atoms with Crippen LogP contribution in [0.3, 0.4) is 0 Å². The lowest BCUT2D eigenvalue weighted by atomic mass is 10.2. The van der Waals surface area contributed by atoms with Crippen molar-refractivity contribution in [3.63, 3.8) is 0 Å². The van der Waals surface area contributed by atoms with Crippen LogP contribution in [0.4, 0.5) is 5.69 Å². The summed E-state index contributed by atoms with van der Waals surface area (Å²) in [7, 11) is 0. The Balaban J connectivity index is 2.61. The Hall–Kier alpha value is -2.25. The summed E-state index contributed by atoms with van der Waals surface area (Å²) in [6.45, 7) is -0.707. The third-order valence-corrected chi connectivity index (χ3v) is 2.32. The molecule has 0 fully saturated rings. The molecule has 0 heterocycles. The molecule has 7 heteroatoms. The number of carbonyl (C=O) groups is 1. The fraction of sp³-hybridized carbons (Fsp3) is 0.250. The summed E-state index contributed by atoms with van der Waals surface area (Å²) in [5.41, 5.74) is 0.604. The molecule has 0 aliphatic carbocycles. The maximum Gasteiger partial charge on any atom is 0.269 e. The van der Waals surface area contributed by atoms with Gasteiger partial charge >= 0.3 is 0 Å². The largest absolute Gasteiger partial charge is 0.394 e. The fourth-order valence-corrected chi connectivity index (χ4v) is 1.28. The average Bonchev–Trinajstić information content (AvgIpc) is 2.43. The van der Waals surface area contributed by atoms with Crippen molar-refractivity contribution in [1.29, 1.82) is 0 Å². The first-order valence-corrected chi connectivity index (χ1v) is 5.51. The Morgan fingerprint density at radius 3 is 2.37 bits per heavy atom. The topological polar surface area (TPSA) is 113 Å². The number of amides is 1. The summed E-state index contributed by atoms with van der Waals surface area (Å²) >= 11 is 0. The number of rotatable bonds is 6. The molecule has 3 N–H and O–H groups in total. The van der Waals surface area contributed by atoms with Gasteiger partial charge in [-0.3, -0.25) is 14.9 Å². The molecular weight excluding hydrogens is 252 g/mol. The molecular formula is C12H14N2O5. The molecule has 0 aliphatic rings. The number of nitro benzene ring substituents is 1. The zero-order valence-corrected chi connectivity index (χ0v) is 10.0. The quantitative estimate of drug-likeness (QED) is 0.383. The van der Waals surface area contributed by atoms with Gasteiger partial charge in [0, 0.05) is 18.2 Å². The first-order chi connectivity index (χ1) is 9.06. The Morgan fingerprint density at radius 2 is 1.89 bits per heavy atom. The van der Waals surface area contributed by atoms with Crippen molar-refractivity contribution in [3.05, 3.63) is 46.0 Å². The van der Waals surface area contributed by atoms with Gasteiger partial charge in [0.25, 0.3) is 5.69 Å². The number of aliphatic hydroxyl groups is 2. The zero-order chi connectivity index (χ0) is 14.3. The van der Waals surface area contributed by atoms with E-state index in [0.29, 0.717) is 5.56 Å². The van der Waals surface area contributed by atoms with Crippen molar-refractivity contribution in [2.24, 2.45) is 0 Å². The van der Waals surface area contributed by atoms with Crippen LogP contribution in [0.2, 0.25) is 0 Å². The minimum atomic E-state index is -0.700. The van der Waals surface area contributed by atoms with Crippen LogP contribution in [0.1, 0.15) is 5.56 Å². The van der Waals surface area contributed by atoms with Gasteiger partial charge in [-0.2, -0.15) is 0 Å². The molecule has 1 aromatic carbocycles. The molecule has 7 nitrogen and oxygen atoms in total. The van der Waals surface area contributed by atoms with Crippen LogP contribution in [-0.2, 0) is 4.79 Å². The number of nitrogens with one attached hydrogen (secondary N) is 1. The molecule has 102 valence electrons. The van der Waals surface area contributed by atoms with Gasteiger partial charge in [0.1, 0.15) is 0 Å². The van der Waals surface area contributed by atoms with Gasteiger partial charge < -0.3 is 15.5 Å². The van der Waals surface area contributed by atoms with Gasteiger partial charge in [-0.05, 0) is 23.8 Å². The number of non-ortho nitro benzene ring substituents is 1. The Kier molecular flexibility index (Phi) is 5.65. The smallest absolute Gasteiger partial charge is 0.269 e. The summed E-state index contributed by atoms with van der Waals surface area (Å²) in [6.07, 6.45) is 2.70. The highest BCUT2D eigenvalue weighted by atomic mass is 16.6. The second kappa shape index (κ2) is 7.24. The predicted molar refractivity (Wildman–Crippen MR) is 68.2 cm³/mol. The lowest BCUT2D eigenvalue weighted by Crippen LogP contribution is -2.39. The number of nitro groups is 1. The monoisotopic (exact) mass is 266 g/mol. The summed E-state index contributed by atoms with van der Waals surface area (Å²) in [5.74, 6) is -0.466. The zero-order valence-electron chi connectivity index (χ0n) is 10.0. The average molecular weight is 266 g/mol. The lowest BCUT2D eigenvalue weighted by molar-refractivity contribution is -0.384. The Labute approximate surface area is 109 Å². The number of carbonyl (C=O) groups excluding carboxylic acids is 1. The van der Waals surface area contributed by atoms with E-state index in [-0.39, 0.29) is 18.9 Å². The highest BCUT2D eigenvalue weighted by molar-refractivity contribution is 5.91. The number of aliphatic hydroxyl groups excluding tert-OH is 2. The minimum absolute atomic E-state index is 0.0257. The lowest BCUT2D eigenvalue weighted by Gasteiger charge is -2.10. The molecule has 0 unspecified atom stereocenters. The first kappa shape index (κ1) is 14.8. The van der Waals surface area contributed by atoms with Crippen molar-refractivity contribution < 1.29 is 19.9 Å². The van der Waals surface area contributed by atoms with E-state index in [1.165, 1.54) is 36.4 Å². The standard InChI is InChI=1S/C12H14N2O5/c15-7-10(8-16)13-12(17)6-3-9-1-4-11(5-2-9)14(18)19/h1-6,10,15-16H,7-8H2,(H,13,17). The molecule has 1 rings (SSSR count). The number of benzene rings is 1. The van der Waals surface area contributed by atoms with Crippen LogP contribution >= 0.6 is 0 Å². The van der Waals surface area contributed by atoms with Crippen molar-refractivity contribution in [1.82, 2.24) is 5.32 Å². The molecule has 0 spiro atoms. The summed E-state index contributed by atoms with van der Waals surface area (Å²) in [5, 5.41) is 30.4. The number of nitrogens with zero attached hydrogens (tertiary/aromatic N) is 1. The first-order valence-electron chi connectivity index (χ1n) is 5.51. The second-order valence-corrected chi connectivity index (χ2v) is 3.75. The normalized spacial score (nSPS) is 10.9. The summed E-state index contributed by atoms with van der Waals surface area (Å²) in [6, 6.07) is 4.99. The van der Waals surface area contributed by atoms with E-state index in [4.69, 9.17) is 10.2 Å². The van der Waals surface area contributed by atoms with Gasteiger partial charge in [-0.15, -0.1) is 0 Å². The van der Waals surface area contributed by atoms with Gasteiger partial charge in [-0.25, -0.2) is 0 Å². The predicted octanol–water partition coefficient (Wildman–Crippen LogP) is 0.0774. The van der Waals surface area contributed by atoms with E-state index in [0.717, 1.165) is 0 Å². The molecule has 0 aromatic heterocycles. The van der Waals surface area contributed by atoms with Gasteiger partial charge in [0.15, 0.2) is 0 Å². The molecule has 0 aliphatic heterocycles. The van der Waals surface area contributed by atoms with Gasteiger partial charge in [0.2, 0.25) is 5.91 Å². The van der Waals surface area contributed by atoms with Crippen molar-refractivity contribution in [2.75, 3.05) is 13.2 Å². The SMILES string of the molecule is O=C(C=Cc1ccc([N+](=O)[O-])cc1)NC(CO)CO. The highest BCUT2D eigenvalue weighted by Gasteiger charge is 2.07. The number of hydrogen-bond donors (Lipinski definition) is 3. The molecule has 0 bridgehead atoms. The van der Waals surface area contributed by atoms with E-state index in [9.17, 15) is 14.9 Å². The van der Waals surface area contributed by atoms with Crippen LogP contribution in [0.25, 0.3) is 6.08 Å². The van der Waals surface area contributed by atoms with Crippen LogP contribution in [0.15, 0.2) is 30.3 Å². The second-order valence-electron chi connectivity index (χ2n) is 3.75. The molecule has 19 heavy (non-hydrogen) atoms. The molecule has 0 saturated carbocycles. The van der Waals surface area contributed by atoms with Crippen molar-refractivity contribution >= 4 is 17.7 Å². The summed E-state index contributed by atoms with van der Waals surface area (Å²) < 4.78 is 0. The Bertz CT molecular complexity index is 466. The molecule has 0 atom stereocenters. The van der Waals surface area contributed by atoms with E-state index in [2.05, 4.69) is 5.32 Å². The summed E-state index contributed by atoms with van der Waals surface area (Å²) in [4.78, 5) is 21.3. The van der Waals surface area contributed by atoms with E-state index >= 15 is 0 Å². The van der Waals surface area contributed by atoms with Crippen molar-refractivity contribution in [2.45, 2.75) is 6.04 Å². The number of hydrogen-bond acceptors (Lipinski definition) is 5. The molecule has 0 radical (unpaired) electrons. The van der Waals surface area contributed by atoms with E-state index < -0.39 is 16.9 Å². The van der Waals surface area contributed by atoms with E-state index in [1.54, 1.807) is 0 Å². The maximum absolute atomic E-state index is 11.4. The minimum Gasteiger partial charge on any atom is -0.394 e. The van der Waals surface area contributed by atoms with Crippen LogP contribution in [0, 0.1) is 10.1 Å².